The summed E-state index contributed by atoms with van der Waals surface area (Å²) >= 11 is 7.05. The number of nitrogens with one attached hydrogen (secondary N) is 1. The van der Waals surface area contributed by atoms with Gasteiger partial charge < -0.3 is 10.4 Å². The fourth-order valence-corrected chi connectivity index (χ4v) is 3.92. The highest BCUT2D eigenvalue weighted by Crippen LogP contribution is 2.27. The molecule has 0 atom stereocenters. The van der Waals surface area contributed by atoms with E-state index < -0.39 is 0 Å². The molecular weight excluding hydrogens is 422 g/mol. The number of anilines is 1. The van der Waals surface area contributed by atoms with E-state index in [1.54, 1.807) is 18.2 Å². The first-order valence-corrected chi connectivity index (χ1v) is 10.4. The van der Waals surface area contributed by atoms with Crippen molar-refractivity contribution in [3.63, 3.8) is 0 Å². The third kappa shape index (κ3) is 4.17. The zero-order chi connectivity index (χ0) is 21.1. The average molecular weight is 438 g/mol. The van der Waals surface area contributed by atoms with Gasteiger partial charge >= 0.3 is 0 Å². The predicted octanol–water partition coefficient (Wildman–Crippen LogP) is 4.48. The number of hydrogen-bond acceptors (Lipinski definition) is 5. The van der Waals surface area contributed by atoms with Crippen LogP contribution in [0.2, 0.25) is 5.02 Å². The summed E-state index contributed by atoms with van der Waals surface area (Å²) < 4.78 is 1.50. The molecule has 0 aliphatic carbocycles. The smallest absolute Gasteiger partial charge is 0.266 e. The molecule has 0 fully saturated rings. The Bertz CT molecular complexity index is 1290. The third-order valence-corrected chi connectivity index (χ3v) is 5.50. The zero-order valence-electron chi connectivity index (χ0n) is 15.6. The fraction of sp³-hybridized carbons (Fsp3) is 0.0455. The normalized spacial score (nSPS) is 10.8. The van der Waals surface area contributed by atoms with Crippen LogP contribution in [0.3, 0.4) is 0 Å². The highest BCUT2D eigenvalue weighted by atomic mass is 35.5. The van der Waals surface area contributed by atoms with Crippen LogP contribution in [0.25, 0.3) is 16.6 Å². The number of thioether (sulfide) groups is 1. The number of halogens is 1. The first-order valence-electron chi connectivity index (χ1n) is 9.01. The van der Waals surface area contributed by atoms with Gasteiger partial charge in [0.1, 0.15) is 5.75 Å². The fourth-order valence-electron chi connectivity index (χ4n) is 2.94. The van der Waals surface area contributed by atoms with Gasteiger partial charge in [-0.2, -0.15) is 0 Å². The minimum absolute atomic E-state index is 0.0104. The molecular formula is C22H16ClN3O3S. The van der Waals surface area contributed by atoms with Gasteiger partial charge in [0.25, 0.3) is 5.56 Å². The van der Waals surface area contributed by atoms with E-state index in [1.807, 2.05) is 36.4 Å². The number of rotatable bonds is 5. The van der Waals surface area contributed by atoms with E-state index in [1.165, 1.54) is 22.8 Å². The lowest BCUT2D eigenvalue weighted by Gasteiger charge is -2.13. The molecule has 0 aliphatic heterocycles. The lowest BCUT2D eigenvalue weighted by atomic mass is 10.2. The number of carbonyl (C=O) groups excluding carboxylic acids is 1. The summed E-state index contributed by atoms with van der Waals surface area (Å²) in [6.07, 6.45) is 0. The number of aromatic hydroxyl groups is 1. The Morgan fingerprint density at radius 1 is 1.07 bits per heavy atom. The van der Waals surface area contributed by atoms with E-state index in [2.05, 4.69) is 10.3 Å². The van der Waals surface area contributed by atoms with Crippen LogP contribution < -0.4 is 10.9 Å². The van der Waals surface area contributed by atoms with Crippen LogP contribution in [0, 0.1) is 0 Å². The molecule has 0 saturated heterocycles. The van der Waals surface area contributed by atoms with Gasteiger partial charge in [-0.1, -0.05) is 53.7 Å². The summed E-state index contributed by atoms with van der Waals surface area (Å²) in [4.78, 5) is 30.2. The van der Waals surface area contributed by atoms with Gasteiger partial charge in [0, 0.05) is 5.02 Å². The molecule has 30 heavy (non-hydrogen) atoms. The topological polar surface area (TPSA) is 84.2 Å². The van der Waals surface area contributed by atoms with E-state index >= 15 is 0 Å². The molecule has 0 unspecified atom stereocenters. The first kappa shape index (κ1) is 20.0. The van der Waals surface area contributed by atoms with Gasteiger partial charge in [0.2, 0.25) is 5.91 Å². The quantitative estimate of drug-likeness (QED) is 0.273. The summed E-state index contributed by atoms with van der Waals surface area (Å²) in [7, 11) is 0. The van der Waals surface area contributed by atoms with Crippen LogP contribution in [-0.2, 0) is 4.79 Å². The molecule has 0 aliphatic rings. The van der Waals surface area contributed by atoms with E-state index in [0.29, 0.717) is 26.8 Å². The number of nitrogens with zero attached hydrogens (tertiary/aromatic N) is 2. The van der Waals surface area contributed by atoms with E-state index in [4.69, 9.17) is 11.6 Å². The van der Waals surface area contributed by atoms with Gasteiger partial charge in [0.15, 0.2) is 5.16 Å². The summed E-state index contributed by atoms with van der Waals surface area (Å²) in [6, 6.07) is 20.6. The second kappa shape index (κ2) is 8.61. The minimum atomic E-state index is -0.361. The van der Waals surface area contributed by atoms with Crippen molar-refractivity contribution in [2.75, 3.05) is 11.1 Å². The lowest BCUT2D eigenvalue weighted by molar-refractivity contribution is -0.113. The van der Waals surface area contributed by atoms with Crippen LogP contribution in [0.1, 0.15) is 0 Å². The second-order valence-electron chi connectivity index (χ2n) is 6.39. The van der Waals surface area contributed by atoms with Crippen LogP contribution in [0.4, 0.5) is 5.69 Å². The summed E-state index contributed by atoms with van der Waals surface area (Å²) in [5.74, 6) is -0.453. The van der Waals surface area contributed by atoms with Gasteiger partial charge in [-0.15, -0.1) is 0 Å². The number of phenols is 1. The van der Waals surface area contributed by atoms with E-state index in [9.17, 15) is 14.7 Å². The van der Waals surface area contributed by atoms with Gasteiger partial charge in [-0.3, -0.25) is 14.2 Å². The molecule has 4 aromatic rings. The Labute approximate surface area is 181 Å². The number of phenolic OH excluding ortho intramolecular Hbond substituents is 1. The molecule has 1 amide bonds. The molecule has 0 bridgehead atoms. The van der Waals surface area contributed by atoms with Gasteiger partial charge in [-0.05, 0) is 42.5 Å². The van der Waals surface area contributed by atoms with Crippen molar-refractivity contribution in [2.24, 2.45) is 0 Å². The Morgan fingerprint density at radius 3 is 2.60 bits per heavy atom. The van der Waals surface area contributed by atoms with Gasteiger partial charge in [-0.25, -0.2) is 4.98 Å². The number of para-hydroxylation sites is 2. The Hall–Kier alpha value is -3.29. The van der Waals surface area contributed by atoms with Crippen molar-refractivity contribution in [1.29, 1.82) is 0 Å². The number of carbonyl (C=O) groups is 1. The summed E-state index contributed by atoms with van der Waals surface area (Å²) in [6.45, 7) is 0. The zero-order valence-corrected chi connectivity index (χ0v) is 17.2. The molecule has 1 aromatic heterocycles. The largest absolute Gasteiger partial charge is 0.506 e. The van der Waals surface area contributed by atoms with Crippen LogP contribution in [0.5, 0.6) is 5.75 Å². The maximum atomic E-state index is 13.1. The van der Waals surface area contributed by atoms with Crippen molar-refractivity contribution in [2.45, 2.75) is 5.16 Å². The van der Waals surface area contributed by atoms with Crippen LogP contribution in [0.15, 0.2) is 82.7 Å². The molecule has 0 radical (unpaired) electrons. The van der Waals surface area contributed by atoms with Crippen LogP contribution in [-0.4, -0.2) is 26.3 Å². The SMILES string of the molecule is O=C(CSc1nc2ccccc2c(=O)n1-c1ccccc1)Nc1cc(Cl)ccc1O. The molecule has 0 saturated carbocycles. The average Bonchev–Trinajstić information content (AvgIpc) is 2.75. The van der Waals surface area contributed by atoms with Crippen molar-refractivity contribution in [1.82, 2.24) is 9.55 Å². The molecule has 150 valence electrons. The molecule has 3 aromatic carbocycles. The van der Waals surface area contributed by atoms with Crippen molar-refractivity contribution < 1.29 is 9.90 Å². The predicted molar refractivity (Wildman–Crippen MR) is 120 cm³/mol. The highest BCUT2D eigenvalue weighted by Gasteiger charge is 2.15. The maximum absolute atomic E-state index is 13.1. The number of hydrogen-bond donors (Lipinski definition) is 2. The summed E-state index contributed by atoms with van der Waals surface area (Å²) in [5, 5.41) is 13.8. The number of aromatic nitrogens is 2. The third-order valence-electron chi connectivity index (χ3n) is 4.32. The van der Waals surface area contributed by atoms with Gasteiger partial charge in [0.05, 0.1) is 28.0 Å². The Balaban J connectivity index is 1.66. The van der Waals surface area contributed by atoms with E-state index in [0.717, 1.165) is 11.8 Å². The molecule has 1 heterocycles. The summed E-state index contributed by atoms with van der Waals surface area (Å²) in [5.41, 5.74) is 1.24. The van der Waals surface area contributed by atoms with Crippen molar-refractivity contribution in [3.05, 3.63) is 88.2 Å². The number of amides is 1. The van der Waals surface area contributed by atoms with Crippen molar-refractivity contribution >= 4 is 45.9 Å². The number of fused-ring (bicyclic) bond motifs is 1. The second-order valence-corrected chi connectivity index (χ2v) is 7.76. The maximum Gasteiger partial charge on any atom is 0.266 e. The molecule has 8 heteroatoms. The lowest BCUT2D eigenvalue weighted by Crippen LogP contribution is -2.22. The van der Waals surface area contributed by atoms with E-state index in [-0.39, 0.29) is 28.7 Å². The molecule has 0 spiro atoms. The molecule has 6 nitrogen and oxygen atoms in total. The highest BCUT2D eigenvalue weighted by molar-refractivity contribution is 7.99. The minimum Gasteiger partial charge on any atom is -0.506 e. The number of benzene rings is 3. The van der Waals surface area contributed by atoms with Crippen LogP contribution >= 0.6 is 23.4 Å². The molecule has 2 N–H and O–H groups in total. The standard InChI is InChI=1S/C22H16ClN3O3S/c23-14-10-11-19(27)18(12-14)24-20(28)13-30-22-25-17-9-5-4-8-16(17)21(29)26(22)15-6-2-1-3-7-15/h1-12,27H,13H2,(H,24,28). The Morgan fingerprint density at radius 2 is 1.80 bits per heavy atom. The first-order chi connectivity index (χ1) is 14.5. The monoisotopic (exact) mass is 437 g/mol. The Kier molecular flexibility index (Phi) is 5.74. The van der Waals surface area contributed by atoms with Crippen molar-refractivity contribution in [3.8, 4) is 11.4 Å². The molecule has 4 rings (SSSR count).